The summed E-state index contributed by atoms with van der Waals surface area (Å²) in [4.78, 5) is 0. The summed E-state index contributed by atoms with van der Waals surface area (Å²) < 4.78 is 10.5. The van der Waals surface area contributed by atoms with Gasteiger partial charge in [0.1, 0.15) is 0 Å². The predicted molar refractivity (Wildman–Crippen MR) is 68.3 cm³/mol. The van der Waals surface area contributed by atoms with E-state index in [2.05, 4.69) is 27.8 Å². The van der Waals surface area contributed by atoms with Crippen molar-refractivity contribution < 1.29 is 9.15 Å². The summed E-state index contributed by atoms with van der Waals surface area (Å²) in [7, 11) is 1.68. The molecule has 6 nitrogen and oxygen atoms in total. The fraction of sp³-hybridized carbons (Fsp3) is 0.833. The normalized spacial score (nSPS) is 17.4. The summed E-state index contributed by atoms with van der Waals surface area (Å²) in [5.74, 6) is 1.36. The number of aromatic nitrogens is 2. The van der Waals surface area contributed by atoms with Crippen LogP contribution in [0.3, 0.4) is 0 Å². The van der Waals surface area contributed by atoms with Gasteiger partial charge in [0.05, 0.1) is 13.2 Å². The second kappa shape index (κ2) is 6.70. The summed E-state index contributed by atoms with van der Waals surface area (Å²) in [6.45, 7) is 4.21. The Labute approximate surface area is 107 Å². The van der Waals surface area contributed by atoms with Crippen molar-refractivity contribution in [3.05, 3.63) is 5.89 Å². The molecule has 0 bridgehead atoms. The van der Waals surface area contributed by atoms with E-state index in [1.165, 1.54) is 19.3 Å². The molecule has 2 rings (SSSR count). The zero-order chi connectivity index (χ0) is 12.8. The molecule has 2 N–H and O–H groups in total. The minimum atomic E-state index is 0.411. The lowest BCUT2D eigenvalue weighted by Crippen LogP contribution is -2.30. The van der Waals surface area contributed by atoms with Gasteiger partial charge in [-0.25, -0.2) is 0 Å². The molecule has 0 aromatic carbocycles. The molecule has 0 amide bonds. The molecule has 6 heteroatoms. The van der Waals surface area contributed by atoms with Gasteiger partial charge in [-0.2, -0.15) is 0 Å². The van der Waals surface area contributed by atoms with E-state index in [1.54, 1.807) is 7.11 Å². The zero-order valence-electron chi connectivity index (χ0n) is 11.1. The van der Waals surface area contributed by atoms with Crippen LogP contribution in [0.2, 0.25) is 0 Å². The van der Waals surface area contributed by atoms with Gasteiger partial charge in [-0.15, -0.1) is 5.10 Å². The molecule has 1 atom stereocenters. The molecular weight excluding hydrogens is 232 g/mol. The monoisotopic (exact) mass is 254 g/mol. The van der Waals surface area contributed by atoms with Gasteiger partial charge in [-0.05, 0) is 25.7 Å². The van der Waals surface area contributed by atoms with E-state index >= 15 is 0 Å². The molecule has 0 spiro atoms. The topological polar surface area (TPSA) is 72.2 Å². The van der Waals surface area contributed by atoms with Gasteiger partial charge in [-0.3, -0.25) is 0 Å². The maximum atomic E-state index is 5.52. The molecule has 1 unspecified atom stereocenters. The van der Waals surface area contributed by atoms with E-state index < -0.39 is 0 Å². The maximum absolute atomic E-state index is 5.52. The van der Waals surface area contributed by atoms with Crippen molar-refractivity contribution in [1.29, 1.82) is 0 Å². The Balaban J connectivity index is 1.71. The quantitative estimate of drug-likeness (QED) is 0.683. The minimum Gasteiger partial charge on any atom is -0.407 e. The number of hydrogen-bond acceptors (Lipinski definition) is 6. The average molecular weight is 254 g/mol. The van der Waals surface area contributed by atoms with Gasteiger partial charge in [0.15, 0.2) is 0 Å². The molecule has 1 aliphatic carbocycles. The molecule has 1 aliphatic rings. The van der Waals surface area contributed by atoms with Crippen molar-refractivity contribution in [3.63, 3.8) is 0 Å². The largest absolute Gasteiger partial charge is 0.407 e. The van der Waals surface area contributed by atoms with E-state index in [0.29, 0.717) is 31.1 Å². The van der Waals surface area contributed by atoms with Gasteiger partial charge >= 0.3 is 6.01 Å². The number of methoxy groups -OCH3 is 1. The first kappa shape index (κ1) is 13.3. The molecule has 1 aromatic rings. The molecule has 0 aliphatic heterocycles. The van der Waals surface area contributed by atoms with Gasteiger partial charge < -0.3 is 19.8 Å². The van der Waals surface area contributed by atoms with E-state index in [0.717, 1.165) is 12.5 Å². The lowest BCUT2D eigenvalue weighted by atomic mass is 9.80. The first-order chi connectivity index (χ1) is 8.79. The Morgan fingerprint density at radius 3 is 2.94 bits per heavy atom. The van der Waals surface area contributed by atoms with Crippen LogP contribution in [0, 0.1) is 5.92 Å². The van der Waals surface area contributed by atoms with Crippen LogP contribution in [-0.4, -0.2) is 36.5 Å². The van der Waals surface area contributed by atoms with E-state index in [9.17, 15) is 0 Å². The molecule has 1 aromatic heterocycles. The molecular formula is C12H22N4O2. The van der Waals surface area contributed by atoms with Crippen molar-refractivity contribution in [2.75, 3.05) is 25.6 Å². The van der Waals surface area contributed by atoms with Crippen LogP contribution in [-0.2, 0) is 11.3 Å². The second-order valence-corrected chi connectivity index (χ2v) is 4.79. The van der Waals surface area contributed by atoms with Crippen molar-refractivity contribution >= 4 is 6.01 Å². The number of anilines is 1. The highest BCUT2D eigenvalue weighted by Gasteiger charge is 2.24. The summed E-state index contributed by atoms with van der Waals surface area (Å²) in [5.41, 5.74) is 0. The molecule has 0 saturated heterocycles. The standard InChI is InChI=1S/C12H22N4O2/c1-9(10-4-3-5-10)14-12-16-15-11(18-12)8-13-6-7-17-2/h9-10,13H,3-8H2,1-2H3,(H,14,16). The van der Waals surface area contributed by atoms with Crippen LogP contribution in [0.5, 0.6) is 0 Å². The minimum absolute atomic E-state index is 0.411. The first-order valence-corrected chi connectivity index (χ1v) is 6.58. The summed E-state index contributed by atoms with van der Waals surface area (Å²) in [6, 6.07) is 0.937. The van der Waals surface area contributed by atoms with E-state index in [1.807, 2.05) is 0 Å². The summed E-state index contributed by atoms with van der Waals surface area (Å²) in [6.07, 6.45) is 3.94. The predicted octanol–water partition coefficient (Wildman–Crippen LogP) is 1.41. The van der Waals surface area contributed by atoms with Crippen LogP contribution in [0.4, 0.5) is 6.01 Å². The van der Waals surface area contributed by atoms with E-state index in [4.69, 9.17) is 9.15 Å². The van der Waals surface area contributed by atoms with Crippen LogP contribution in [0.25, 0.3) is 0 Å². The lowest BCUT2D eigenvalue weighted by Gasteiger charge is -2.31. The van der Waals surface area contributed by atoms with E-state index in [-0.39, 0.29) is 0 Å². The molecule has 18 heavy (non-hydrogen) atoms. The molecule has 1 saturated carbocycles. The maximum Gasteiger partial charge on any atom is 0.315 e. The Morgan fingerprint density at radius 2 is 2.28 bits per heavy atom. The molecule has 102 valence electrons. The smallest absolute Gasteiger partial charge is 0.315 e. The van der Waals surface area contributed by atoms with Crippen LogP contribution in [0.15, 0.2) is 4.42 Å². The average Bonchev–Trinajstić information content (AvgIpc) is 2.69. The Kier molecular flexibility index (Phi) is 4.95. The number of nitrogens with one attached hydrogen (secondary N) is 2. The highest BCUT2D eigenvalue weighted by atomic mass is 16.5. The van der Waals surface area contributed by atoms with Crippen molar-refractivity contribution in [1.82, 2.24) is 15.5 Å². The SMILES string of the molecule is COCCNCc1nnc(NC(C)C2CCC2)o1. The fourth-order valence-electron chi connectivity index (χ4n) is 2.01. The van der Waals surface area contributed by atoms with Crippen LogP contribution < -0.4 is 10.6 Å². The Bertz CT molecular complexity index is 352. The van der Waals surface area contributed by atoms with Crippen LogP contribution in [0.1, 0.15) is 32.1 Å². The van der Waals surface area contributed by atoms with Gasteiger partial charge in [0.2, 0.25) is 5.89 Å². The molecule has 1 heterocycles. The number of rotatable bonds is 8. The second-order valence-electron chi connectivity index (χ2n) is 4.79. The first-order valence-electron chi connectivity index (χ1n) is 6.58. The van der Waals surface area contributed by atoms with Crippen molar-refractivity contribution in [2.45, 2.75) is 38.8 Å². The Hall–Kier alpha value is -1.14. The highest BCUT2D eigenvalue weighted by Crippen LogP contribution is 2.30. The van der Waals surface area contributed by atoms with Gasteiger partial charge in [0.25, 0.3) is 0 Å². The van der Waals surface area contributed by atoms with Gasteiger partial charge in [0, 0.05) is 19.7 Å². The third-order valence-corrected chi connectivity index (χ3v) is 3.43. The van der Waals surface area contributed by atoms with Crippen LogP contribution >= 0.6 is 0 Å². The van der Waals surface area contributed by atoms with Crippen molar-refractivity contribution in [3.8, 4) is 0 Å². The lowest BCUT2D eigenvalue weighted by molar-refractivity contribution is 0.198. The fourth-order valence-corrected chi connectivity index (χ4v) is 2.01. The number of ether oxygens (including phenoxy) is 1. The number of hydrogen-bond donors (Lipinski definition) is 2. The molecule has 1 fully saturated rings. The third-order valence-electron chi connectivity index (χ3n) is 3.43. The third kappa shape index (κ3) is 3.68. The highest BCUT2D eigenvalue weighted by molar-refractivity contribution is 5.19. The van der Waals surface area contributed by atoms with Crippen molar-refractivity contribution in [2.24, 2.45) is 5.92 Å². The molecule has 0 radical (unpaired) electrons. The zero-order valence-corrected chi connectivity index (χ0v) is 11.1. The number of nitrogens with zero attached hydrogens (tertiary/aromatic N) is 2. The van der Waals surface area contributed by atoms with Gasteiger partial charge in [-0.1, -0.05) is 11.5 Å². The summed E-state index contributed by atoms with van der Waals surface area (Å²) in [5, 5.41) is 14.4. The summed E-state index contributed by atoms with van der Waals surface area (Å²) >= 11 is 0. The Morgan fingerprint density at radius 1 is 1.44 bits per heavy atom.